The summed E-state index contributed by atoms with van der Waals surface area (Å²) < 4.78 is 5.89. The fraction of sp³-hybridized carbons (Fsp3) is 0.0556. The number of ether oxygens (including phenoxy) is 1. The number of benzene rings is 3. The summed E-state index contributed by atoms with van der Waals surface area (Å²) in [5.74, 6) is -0.324. The van der Waals surface area contributed by atoms with Crippen LogP contribution in [0.1, 0.15) is 10.4 Å². The molecule has 108 valence electrons. The Labute approximate surface area is 135 Å². The van der Waals surface area contributed by atoms with E-state index in [9.17, 15) is 4.79 Å². The van der Waals surface area contributed by atoms with E-state index < -0.39 is 0 Å². The first kappa shape index (κ1) is 13.3. The molecule has 0 amide bonds. The fourth-order valence-electron chi connectivity index (χ4n) is 2.98. The Morgan fingerprint density at radius 2 is 1.82 bits per heavy atom. The molecule has 1 N–H and O–H groups in total. The van der Waals surface area contributed by atoms with Crippen LogP contribution in [0.5, 0.6) is 0 Å². The van der Waals surface area contributed by atoms with Gasteiger partial charge in [0.05, 0.1) is 18.2 Å². The van der Waals surface area contributed by atoms with Gasteiger partial charge in [0.25, 0.3) is 0 Å². The van der Waals surface area contributed by atoms with Gasteiger partial charge >= 0.3 is 5.97 Å². The lowest BCUT2D eigenvalue weighted by Gasteiger charge is -2.07. The zero-order valence-electron chi connectivity index (χ0n) is 11.8. The lowest BCUT2D eigenvalue weighted by molar-refractivity contribution is 0.0603. The average Bonchev–Trinajstić information content (AvgIpc) is 2.91. The normalized spacial score (nSPS) is 11.4. The minimum absolute atomic E-state index is 0.324. The van der Waals surface area contributed by atoms with Crippen LogP contribution in [0.3, 0.4) is 0 Å². The van der Waals surface area contributed by atoms with E-state index in [2.05, 4.69) is 27.0 Å². The third-order valence-electron chi connectivity index (χ3n) is 3.98. The van der Waals surface area contributed by atoms with Crippen molar-refractivity contribution in [2.75, 3.05) is 7.11 Å². The molecular formula is C18H12BrNO2. The number of halogens is 1. The minimum Gasteiger partial charge on any atom is -0.465 e. The lowest BCUT2D eigenvalue weighted by atomic mass is 10.00. The number of fused-ring (bicyclic) bond motifs is 5. The molecule has 22 heavy (non-hydrogen) atoms. The van der Waals surface area contributed by atoms with Crippen LogP contribution >= 0.6 is 15.9 Å². The van der Waals surface area contributed by atoms with Gasteiger partial charge in [0.2, 0.25) is 0 Å². The van der Waals surface area contributed by atoms with Gasteiger partial charge in [0.1, 0.15) is 0 Å². The van der Waals surface area contributed by atoms with Crippen molar-refractivity contribution in [1.29, 1.82) is 0 Å². The number of hydrogen-bond acceptors (Lipinski definition) is 2. The third kappa shape index (κ3) is 1.84. The summed E-state index contributed by atoms with van der Waals surface area (Å²) in [5.41, 5.74) is 2.68. The molecule has 3 aromatic carbocycles. The van der Waals surface area contributed by atoms with E-state index in [1.165, 1.54) is 7.11 Å². The number of carbonyl (C=O) groups excluding carboxylic acids is 1. The van der Waals surface area contributed by atoms with Crippen LogP contribution in [0.2, 0.25) is 0 Å². The van der Waals surface area contributed by atoms with Gasteiger partial charge in [0.15, 0.2) is 0 Å². The number of carbonyl (C=O) groups is 1. The maximum absolute atomic E-state index is 12.2. The summed E-state index contributed by atoms with van der Waals surface area (Å²) in [6.07, 6.45) is 0. The molecule has 0 unspecified atom stereocenters. The van der Waals surface area contributed by atoms with Crippen molar-refractivity contribution in [3.63, 3.8) is 0 Å². The van der Waals surface area contributed by atoms with Crippen molar-refractivity contribution < 1.29 is 9.53 Å². The van der Waals surface area contributed by atoms with E-state index in [1.54, 1.807) is 0 Å². The highest BCUT2D eigenvalue weighted by atomic mass is 79.9. The molecule has 0 atom stereocenters. The summed E-state index contributed by atoms with van der Waals surface area (Å²) in [6.45, 7) is 0. The first-order valence-electron chi connectivity index (χ1n) is 6.90. The second kappa shape index (κ2) is 4.85. The second-order valence-corrected chi connectivity index (χ2v) is 6.11. The molecule has 1 aromatic heterocycles. The van der Waals surface area contributed by atoms with E-state index in [0.29, 0.717) is 5.56 Å². The number of nitrogens with one attached hydrogen (secondary N) is 1. The molecule has 0 saturated heterocycles. The van der Waals surface area contributed by atoms with E-state index in [4.69, 9.17) is 4.74 Å². The predicted octanol–water partition coefficient (Wildman–Crippen LogP) is 5.02. The molecular weight excluding hydrogens is 342 g/mol. The summed E-state index contributed by atoms with van der Waals surface area (Å²) in [6, 6.07) is 16.0. The second-order valence-electron chi connectivity index (χ2n) is 5.20. The van der Waals surface area contributed by atoms with Crippen molar-refractivity contribution >= 4 is 54.5 Å². The van der Waals surface area contributed by atoms with Crippen LogP contribution < -0.4 is 0 Å². The van der Waals surface area contributed by atoms with Crippen molar-refractivity contribution in [1.82, 2.24) is 4.98 Å². The van der Waals surface area contributed by atoms with E-state index in [0.717, 1.165) is 37.1 Å². The average molecular weight is 354 g/mol. The fourth-order valence-corrected chi connectivity index (χ4v) is 3.35. The summed E-state index contributed by atoms with van der Waals surface area (Å²) in [5, 5.41) is 4.02. The molecule has 0 aliphatic heterocycles. The van der Waals surface area contributed by atoms with Gasteiger partial charge in [-0.3, -0.25) is 0 Å². The molecule has 4 aromatic rings. The number of aromatic nitrogens is 1. The molecule has 0 bridgehead atoms. The van der Waals surface area contributed by atoms with Crippen LogP contribution in [0.4, 0.5) is 0 Å². The van der Waals surface area contributed by atoms with Gasteiger partial charge in [0, 0.05) is 26.1 Å². The topological polar surface area (TPSA) is 42.1 Å². The highest BCUT2D eigenvalue weighted by Gasteiger charge is 2.16. The highest BCUT2D eigenvalue weighted by molar-refractivity contribution is 9.10. The molecule has 3 nitrogen and oxygen atoms in total. The molecule has 1 heterocycles. The van der Waals surface area contributed by atoms with Crippen molar-refractivity contribution in [2.45, 2.75) is 0 Å². The number of methoxy groups -OCH3 is 1. The highest BCUT2D eigenvalue weighted by Crippen LogP contribution is 2.35. The molecule has 0 radical (unpaired) electrons. The van der Waals surface area contributed by atoms with Gasteiger partial charge in [-0.05, 0) is 29.7 Å². The molecule has 4 rings (SSSR count). The molecule has 0 fully saturated rings. The van der Waals surface area contributed by atoms with Crippen LogP contribution in [0, 0.1) is 0 Å². The number of hydrogen-bond donors (Lipinski definition) is 1. The van der Waals surface area contributed by atoms with Crippen LogP contribution in [0.15, 0.2) is 53.0 Å². The number of rotatable bonds is 1. The van der Waals surface area contributed by atoms with Crippen LogP contribution in [-0.2, 0) is 4.74 Å². The summed E-state index contributed by atoms with van der Waals surface area (Å²) >= 11 is 3.47. The zero-order valence-corrected chi connectivity index (χ0v) is 13.4. The van der Waals surface area contributed by atoms with E-state index in [-0.39, 0.29) is 5.97 Å². The van der Waals surface area contributed by atoms with Gasteiger partial charge < -0.3 is 9.72 Å². The Morgan fingerprint density at radius 3 is 2.64 bits per heavy atom. The van der Waals surface area contributed by atoms with E-state index >= 15 is 0 Å². The molecule has 4 heteroatoms. The van der Waals surface area contributed by atoms with Crippen molar-refractivity contribution in [3.05, 3.63) is 58.6 Å². The zero-order chi connectivity index (χ0) is 15.3. The van der Waals surface area contributed by atoms with Gasteiger partial charge in [-0.2, -0.15) is 0 Å². The minimum atomic E-state index is -0.324. The standard InChI is InChI=1S/C18H12BrNO2/c1-22-18(21)15-9-14-11-4-2-3-5-16(11)20-17(14)12-7-6-10(19)8-13(12)15/h2-9,20H,1H3. The number of para-hydroxylation sites is 1. The predicted molar refractivity (Wildman–Crippen MR) is 92.4 cm³/mol. The van der Waals surface area contributed by atoms with Crippen LogP contribution in [0.25, 0.3) is 32.6 Å². The summed E-state index contributed by atoms with van der Waals surface area (Å²) in [4.78, 5) is 15.6. The molecule has 0 aliphatic carbocycles. The monoisotopic (exact) mass is 353 g/mol. The Bertz CT molecular complexity index is 1050. The third-order valence-corrected chi connectivity index (χ3v) is 4.47. The molecule has 0 aliphatic rings. The Morgan fingerprint density at radius 1 is 1.00 bits per heavy atom. The smallest absolute Gasteiger partial charge is 0.338 e. The van der Waals surface area contributed by atoms with E-state index in [1.807, 2.05) is 42.5 Å². The van der Waals surface area contributed by atoms with Crippen molar-refractivity contribution in [2.24, 2.45) is 0 Å². The quantitative estimate of drug-likeness (QED) is 0.488. The molecule has 0 saturated carbocycles. The Balaban J connectivity index is 2.26. The SMILES string of the molecule is COC(=O)c1cc2c3ccccc3[nH]c2c2ccc(Br)cc12. The van der Waals surface area contributed by atoms with Gasteiger partial charge in [-0.15, -0.1) is 0 Å². The van der Waals surface area contributed by atoms with Gasteiger partial charge in [-0.1, -0.05) is 40.2 Å². The first-order valence-corrected chi connectivity index (χ1v) is 7.69. The largest absolute Gasteiger partial charge is 0.465 e. The number of aromatic amines is 1. The molecule has 0 spiro atoms. The maximum Gasteiger partial charge on any atom is 0.338 e. The first-order chi connectivity index (χ1) is 10.7. The maximum atomic E-state index is 12.2. The number of H-pyrrole nitrogens is 1. The Hall–Kier alpha value is -2.33. The lowest BCUT2D eigenvalue weighted by Crippen LogP contribution is -2.02. The number of esters is 1. The summed E-state index contributed by atoms with van der Waals surface area (Å²) in [7, 11) is 1.41. The van der Waals surface area contributed by atoms with Crippen molar-refractivity contribution in [3.8, 4) is 0 Å². The van der Waals surface area contributed by atoms with Crippen LogP contribution in [-0.4, -0.2) is 18.1 Å². The Kier molecular flexibility index (Phi) is 2.94. The van der Waals surface area contributed by atoms with Gasteiger partial charge in [-0.25, -0.2) is 4.79 Å².